The minimum Gasteiger partial charge on any atom is -0.466 e. The van der Waals surface area contributed by atoms with Crippen molar-refractivity contribution in [3.05, 3.63) is 57.0 Å². The van der Waals surface area contributed by atoms with Crippen molar-refractivity contribution in [3.8, 4) is 0 Å². The van der Waals surface area contributed by atoms with E-state index in [1.54, 1.807) is 38.1 Å². The molecule has 0 fully saturated rings. The molecule has 0 atom stereocenters. The lowest BCUT2D eigenvalue weighted by molar-refractivity contribution is 0.0471. The van der Waals surface area contributed by atoms with E-state index in [-0.39, 0.29) is 6.61 Å². The molecule has 2 rings (SSSR count). The SMILES string of the molecule is Cc1cc(C(=O)OCc2c(Cl)cccc2Cl)c(C)o1. The summed E-state index contributed by atoms with van der Waals surface area (Å²) in [5, 5.41) is 0.945. The molecular formula is C14H12Cl2O3. The van der Waals surface area contributed by atoms with Crippen molar-refractivity contribution in [1.29, 1.82) is 0 Å². The van der Waals surface area contributed by atoms with Gasteiger partial charge < -0.3 is 9.15 Å². The van der Waals surface area contributed by atoms with Gasteiger partial charge in [0.25, 0.3) is 0 Å². The molecule has 0 unspecified atom stereocenters. The van der Waals surface area contributed by atoms with Crippen LogP contribution in [0, 0.1) is 13.8 Å². The lowest BCUT2D eigenvalue weighted by atomic mass is 10.2. The number of ether oxygens (including phenoxy) is 1. The molecule has 0 bridgehead atoms. The Balaban J connectivity index is 2.11. The Hall–Kier alpha value is -1.45. The first kappa shape index (κ1) is 14.0. The van der Waals surface area contributed by atoms with E-state index in [2.05, 4.69) is 0 Å². The number of furan rings is 1. The van der Waals surface area contributed by atoms with Gasteiger partial charge in [-0.05, 0) is 32.0 Å². The van der Waals surface area contributed by atoms with Crippen LogP contribution in [0.2, 0.25) is 10.0 Å². The zero-order valence-corrected chi connectivity index (χ0v) is 12.0. The van der Waals surface area contributed by atoms with Crippen molar-refractivity contribution < 1.29 is 13.9 Å². The first-order chi connectivity index (χ1) is 8.99. The van der Waals surface area contributed by atoms with Crippen molar-refractivity contribution in [2.75, 3.05) is 0 Å². The summed E-state index contributed by atoms with van der Waals surface area (Å²) in [6.07, 6.45) is 0. The maximum absolute atomic E-state index is 11.9. The maximum Gasteiger partial charge on any atom is 0.342 e. The summed E-state index contributed by atoms with van der Waals surface area (Å²) in [6, 6.07) is 6.78. The molecule has 1 heterocycles. The molecule has 1 aromatic carbocycles. The van der Waals surface area contributed by atoms with E-state index in [0.29, 0.717) is 32.7 Å². The first-order valence-corrected chi connectivity index (χ1v) is 6.41. The average molecular weight is 299 g/mol. The van der Waals surface area contributed by atoms with Gasteiger partial charge in [0.2, 0.25) is 0 Å². The number of rotatable bonds is 3. The van der Waals surface area contributed by atoms with Crippen LogP contribution in [0.25, 0.3) is 0 Å². The van der Waals surface area contributed by atoms with Gasteiger partial charge in [-0.15, -0.1) is 0 Å². The highest BCUT2D eigenvalue weighted by atomic mass is 35.5. The van der Waals surface area contributed by atoms with Gasteiger partial charge in [-0.1, -0.05) is 29.3 Å². The van der Waals surface area contributed by atoms with Crippen LogP contribution in [0.1, 0.15) is 27.4 Å². The van der Waals surface area contributed by atoms with Gasteiger partial charge in [0, 0.05) is 15.6 Å². The van der Waals surface area contributed by atoms with E-state index in [1.807, 2.05) is 0 Å². The summed E-state index contributed by atoms with van der Waals surface area (Å²) in [5.41, 5.74) is 1.01. The van der Waals surface area contributed by atoms with Crippen LogP contribution in [0.4, 0.5) is 0 Å². The Morgan fingerprint density at radius 2 is 1.89 bits per heavy atom. The van der Waals surface area contributed by atoms with Crippen LogP contribution in [-0.2, 0) is 11.3 Å². The molecule has 5 heteroatoms. The molecule has 0 spiro atoms. The van der Waals surface area contributed by atoms with E-state index < -0.39 is 5.97 Å². The van der Waals surface area contributed by atoms with Crippen molar-refractivity contribution >= 4 is 29.2 Å². The predicted octanol–water partition coefficient (Wildman–Crippen LogP) is 4.56. The number of carbonyl (C=O) groups excluding carboxylic acids is 1. The van der Waals surface area contributed by atoms with Crippen LogP contribution in [-0.4, -0.2) is 5.97 Å². The quantitative estimate of drug-likeness (QED) is 0.780. The lowest BCUT2D eigenvalue weighted by Gasteiger charge is -2.07. The summed E-state index contributed by atoms with van der Waals surface area (Å²) in [6.45, 7) is 3.52. The van der Waals surface area contributed by atoms with Gasteiger partial charge in [0.1, 0.15) is 23.7 Å². The Morgan fingerprint density at radius 3 is 2.42 bits per heavy atom. The van der Waals surface area contributed by atoms with Crippen molar-refractivity contribution in [2.24, 2.45) is 0 Å². The van der Waals surface area contributed by atoms with Crippen LogP contribution >= 0.6 is 23.2 Å². The molecule has 3 nitrogen and oxygen atoms in total. The zero-order chi connectivity index (χ0) is 14.0. The van der Waals surface area contributed by atoms with Crippen molar-refractivity contribution in [2.45, 2.75) is 20.5 Å². The Bertz CT molecular complexity index is 597. The second-order valence-electron chi connectivity index (χ2n) is 4.10. The summed E-state index contributed by atoms with van der Waals surface area (Å²) >= 11 is 12.0. The van der Waals surface area contributed by atoms with Gasteiger partial charge >= 0.3 is 5.97 Å². The Morgan fingerprint density at radius 1 is 1.26 bits per heavy atom. The molecule has 100 valence electrons. The molecule has 1 aromatic heterocycles. The van der Waals surface area contributed by atoms with Crippen LogP contribution in [0.3, 0.4) is 0 Å². The van der Waals surface area contributed by atoms with Crippen LogP contribution in [0.5, 0.6) is 0 Å². The number of carbonyl (C=O) groups is 1. The second-order valence-corrected chi connectivity index (χ2v) is 4.92. The first-order valence-electron chi connectivity index (χ1n) is 5.66. The lowest BCUT2D eigenvalue weighted by Crippen LogP contribution is -2.06. The highest BCUT2D eigenvalue weighted by Crippen LogP contribution is 2.25. The number of hydrogen-bond acceptors (Lipinski definition) is 3. The van der Waals surface area contributed by atoms with E-state index >= 15 is 0 Å². The third-order valence-corrected chi connectivity index (χ3v) is 3.38. The van der Waals surface area contributed by atoms with Crippen molar-refractivity contribution in [3.63, 3.8) is 0 Å². The summed E-state index contributed by atoms with van der Waals surface area (Å²) < 4.78 is 10.5. The Labute approximate surface area is 121 Å². The molecule has 0 aliphatic rings. The van der Waals surface area contributed by atoms with E-state index in [0.717, 1.165) is 0 Å². The molecule has 2 aromatic rings. The third kappa shape index (κ3) is 3.11. The highest BCUT2D eigenvalue weighted by Gasteiger charge is 2.16. The molecule has 0 N–H and O–H groups in total. The molecule has 0 saturated heterocycles. The van der Waals surface area contributed by atoms with Crippen LogP contribution < -0.4 is 0 Å². The smallest absolute Gasteiger partial charge is 0.342 e. The topological polar surface area (TPSA) is 39.4 Å². The van der Waals surface area contributed by atoms with E-state index in [1.165, 1.54) is 0 Å². The predicted molar refractivity (Wildman–Crippen MR) is 73.8 cm³/mol. The molecule has 0 aliphatic heterocycles. The zero-order valence-electron chi connectivity index (χ0n) is 10.5. The monoisotopic (exact) mass is 298 g/mol. The summed E-state index contributed by atoms with van der Waals surface area (Å²) in [7, 11) is 0. The average Bonchev–Trinajstić information content (AvgIpc) is 2.67. The minimum atomic E-state index is -0.453. The van der Waals surface area contributed by atoms with Gasteiger partial charge in [0.05, 0.1) is 0 Å². The fraction of sp³-hybridized carbons (Fsp3) is 0.214. The van der Waals surface area contributed by atoms with Crippen molar-refractivity contribution in [1.82, 2.24) is 0 Å². The molecule has 0 radical (unpaired) electrons. The van der Waals surface area contributed by atoms with Crippen LogP contribution in [0.15, 0.2) is 28.7 Å². The van der Waals surface area contributed by atoms with Gasteiger partial charge in [-0.25, -0.2) is 4.79 Å². The maximum atomic E-state index is 11.9. The molecule has 0 amide bonds. The number of benzene rings is 1. The number of aryl methyl sites for hydroxylation is 2. The normalized spacial score (nSPS) is 10.5. The highest BCUT2D eigenvalue weighted by molar-refractivity contribution is 6.35. The Kier molecular flexibility index (Phi) is 4.17. The van der Waals surface area contributed by atoms with E-state index in [9.17, 15) is 4.79 Å². The number of esters is 1. The van der Waals surface area contributed by atoms with Gasteiger partial charge in [-0.3, -0.25) is 0 Å². The number of halogens is 2. The molecule has 0 aliphatic carbocycles. The van der Waals surface area contributed by atoms with Gasteiger partial charge in [-0.2, -0.15) is 0 Å². The molecular weight excluding hydrogens is 287 g/mol. The standard InChI is InChI=1S/C14H12Cl2O3/c1-8-6-10(9(2)19-8)14(17)18-7-11-12(15)4-3-5-13(11)16/h3-6H,7H2,1-2H3. The fourth-order valence-electron chi connectivity index (χ4n) is 1.72. The minimum absolute atomic E-state index is 0.0288. The van der Waals surface area contributed by atoms with Gasteiger partial charge in [0.15, 0.2) is 0 Å². The molecule has 0 saturated carbocycles. The number of hydrogen-bond donors (Lipinski definition) is 0. The summed E-state index contributed by atoms with van der Waals surface area (Å²) in [5.74, 6) is 0.748. The van der Waals surface area contributed by atoms with E-state index in [4.69, 9.17) is 32.4 Å². The largest absolute Gasteiger partial charge is 0.466 e. The molecule has 19 heavy (non-hydrogen) atoms. The third-order valence-electron chi connectivity index (χ3n) is 2.67. The second kappa shape index (κ2) is 5.68. The fourth-order valence-corrected chi connectivity index (χ4v) is 2.23. The summed E-state index contributed by atoms with van der Waals surface area (Å²) in [4.78, 5) is 11.9.